The highest BCUT2D eigenvalue weighted by molar-refractivity contribution is 5.94. The molecule has 0 atom stereocenters. The average molecular weight is 356 g/mol. The minimum atomic E-state index is -0.0101. The molecule has 2 aromatic rings. The van der Waals surface area contributed by atoms with Crippen LogP contribution in [-0.4, -0.2) is 45.1 Å². The van der Waals surface area contributed by atoms with Gasteiger partial charge in [-0.05, 0) is 33.1 Å². The lowest BCUT2D eigenvalue weighted by atomic mass is 9.96. The van der Waals surface area contributed by atoms with Crippen LogP contribution in [-0.2, 0) is 12.8 Å². The highest BCUT2D eigenvalue weighted by Crippen LogP contribution is 2.26. The van der Waals surface area contributed by atoms with Crippen LogP contribution in [0.5, 0.6) is 5.88 Å². The van der Waals surface area contributed by atoms with Gasteiger partial charge in [0.1, 0.15) is 17.7 Å². The standard InChI is InChI=1S/C19H24N4O3/c1-12-11-17(21-13(2)20-12)25-14-7-9-23(10-8-14)19(24)18-15-5-3-4-6-16(15)26-22-18/h11,14H,3-10H2,1-2H3. The first-order chi connectivity index (χ1) is 12.6. The number of fused-ring (bicyclic) bond motifs is 1. The van der Waals surface area contributed by atoms with Gasteiger partial charge in [-0.25, -0.2) is 4.98 Å². The fourth-order valence-electron chi connectivity index (χ4n) is 3.79. The zero-order valence-corrected chi connectivity index (χ0v) is 15.3. The van der Waals surface area contributed by atoms with Crippen LogP contribution in [0.25, 0.3) is 0 Å². The molecule has 26 heavy (non-hydrogen) atoms. The molecule has 0 bridgehead atoms. The molecular formula is C19H24N4O3. The first-order valence-electron chi connectivity index (χ1n) is 9.36. The first kappa shape index (κ1) is 17.0. The van der Waals surface area contributed by atoms with Gasteiger partial charge >= 0.3 is 0 Å². The molecule has 0 saturated carbocycles. The van der Waals surface area contributed by atoms with Gasteiger partial charge in [-0.3, -0.25) is 4.79 Å². The molecule has 138 valence electrons. The van der Waals surface area contributed by atoms with Gasteiger partial charge in [0.2, 0.25) is 5.88 Å². The van der Waals surface area contributed by atoms with E-state index in [0.717, 1.165) is 55.5 Å². The minimum Gasteiger partial charge on any atom is -0.474 e. The molecule has 0 radical (unpaired) electrons. The molecule has 7 heteroatoms. The smallest absolute Gasteiger partial charge is 0.276 e. The van der Waals surface area contributed by atoms with Crippen LogP contribution in [0, 0.1) is 13.8 Å². The second kappa shape index (κ2) is 7.05. The van der Waals surface area contributed by atoms with Gasteiger partial charge < -0.3 is 14.2 Å². The molecule has 0 spiro atoms. The fourth-order valence-corrected chi connectivity index (χ4v) is 3.79. The molecule has 1 aliphatic heterocycles. The van der Waals surface area contributed by atoms with E-state index in [-0.39, 0.29) is 12.0 Å². The molecule has 1 amide bonds. The third-order valence-corrected chi connectivity index (χ3v) is 5.11. The summed E-state index contributed by atoms with van der Waals surface area (Å²) in [5, 5.41) is 4.06. The number of hydrogen-bond acceptors (Lipinski definition) is 6. The van der Waals surface area contributed by atoms with Crippen molar-refractivity contribution in [1.82, 2.24) is 20.0 Å². The lowest BCUT2D eigenvalue weighted by Gasteiger charge is -2.31. The second-order valence-electron chi connectivity index (χ2n) is 7.14. The number of piperidine rings is 1. The lowest BCUT2D eigenvalue weighted by molar-refractivity contribution is 0.0577. The third-order valence-electron chi connectivity index (χ3n) is 5.11. The number of rotatable bonds is 3. The summed E-state index contributed by atoms with van der Waals surface area (Å²) >= 11 is 0. The molecule has 2 aromatic heterocycles. The van der Waals surface area contributed by atoms with Gasteiger partial charge in [-0.2, -0.15) is 4.98 Å². The number of amides is 1. The summed E-state index contributed by atoms with van der Waals surface area (Å²) in [4.78, 5) is 23.3. The first-order valence-corrected chi connectivity index (χ1v) is 9.36. The Morgan fingerprint density at radius 3 is 2.73 bits per heavy atom. The number of ether oxygens (including phenoxy) is 1. The number of aryl methyl sites for hydroxylation is 3. The average Bonchev–Trinajstić information content (AvgIpc) is 3.05. The number of aromatic nitrogens is 3. The Hall–Kier alpha value is -2.44. The summed E-state index contributed by atoms with van der Waals surface area (Å²) in [5.41, 5.74) is 2.43. The minimum absolute atomic E-state index is 0.0101. The molecular weight excluding hydrogens is 332 g/mol. The van der Waals surface area contributed by atoms with Crippen molar-refractivity contribution in [2.24, 2.45) is 0 Å². The highest BCUT2D eigenvalue weighted by atomic mass is 16.5. The van der Waals surface area contributed by atoms with E-state index in [1.54, 1.807) is 0 Å². The molecule has 1 saturated heterocycles. The van der Waals surface area contributed by atoms with E-state index < -0.39 is 0 Å². The Labute approximate surface area is 152 Å². The van der Waals surface area contributed by atoms with Crippen molar-refractivity contribution in [2.45, 2.75) is 58.5 Å². The number of carbonyl (C=O) groups is 1. The normalized spacial score (nSPS) is 17.8. The number of likely N-dealkylation sites (tertiary alicyclic amines) is 1. The van der Waals surface area contributed by atoms with Gasteiger partial charge in [0.05, 0.1) is 0 Å². The number of carbonyl (C=O) groups excluding carboxylic acids is 1. The predicted molar refractivity (Wildman–Crippen MR) is 94.2 cm³/mol. The van der Waals surface area contributed by atoms with Crippen molar-refractivity contribution >= 4 is 5.91 Å². The molecule has 7 nitrogen and oxygen atoms in total. The van der Waals surface area contributed by atoms with Crippen molar-refractivity contribution in [1.29, 1.82) is 0 Å². The van der Waals surface area contributed by atoms with Crippen LogP contribution in [0.15, 0.2) is 10.6 Å². The molecule has 0 aromatic carbocycles. The molecule has 1 fully saturated rings. The van der Waals surface area contributed by atoms with Crippen molar-refractivity contribution < 1.29 is 14.1 Å². The largest absolute Gasteiger partial charge is 0.474 e. The zero-order chi connectivity index (χ0) is 18.1. The molecule has 4 rings (SSSR count). The quantitative estimate of drug-likeness (QED) is 0.841. The van der Waals surface area contributed by atoms with E-state index in [1.807, 2.05) is 24.8 Å². The van der Waals surface area contributed by atoms with Crippen molar-refractivity contribution in [3.63, 3.8) is 0 Å². The Morgan fingerprint density at radius 1 is 1.19 bits per heavy atom. The summed E-state index contributed by atoms with van der Waals surface area (Å²) < 4.78 is 11.4. The Kier molecular flexibility index (Phi) is 4.61. The number of hydrogen-bond donors (Lipinski definition) is 0. The Balaban J connectivity index is 1.37. The van der Waals surface area contributed by atoms with E-state index >= 15 is 0 Å². The summed E-state index contributed by atoms with van der Waals surface area (Å²) in [7, 11) is 0. The Bertz CT molecular complexity index is 789. The van der Waals surface area contributed by atoms with Gasteiger partial charge in [-0.15, -0.1) is 0 Å². The SMILES string of the molecule is Cc1cc(OC2CCN(C(=O)c3noc4c3CCCC4)CC2)nc(C)n1. The Morgan fingerprint density at radius 2 is 1.96 bits per heavy atom. The zero-order valence-electron chi connectivity index (χ0n) is 15.3. The van der Waals surface area contributed by atoms with E-state index in [4.69, 9.17) is 9.26 Å². The number of nitrogens with zero attached hydrogens (tertiary/aromatic N) is 4. The van der Waals surface area contributed by atoms with E-state index in [2.05, 4.69) is 15.1 Å². The van der Waals surface area contributed by atoms with Crippen LogP contribution in [0.4, 0.5) is 0 Å². The lowest BCUT2D eigenvalue weighted by Crippen LogP contribution is -2.42. The maximum absolute atomic E-state index is 12.8. The van der Waals surface area contributed by atoms with Crippen molar-refractivity contribution in [2.75, 3.05) is 13.1 Å². The second-order valence-corrected chi connectivity index (χ2v) is 7.14. The van der Waals surface area contributed by atoms with Crippen molar-refractivity contribution in [3.05, 3.63) is 34.6 Å². The predicted octanol–water partition coefficient (Wildman–Crippen LogP) is 2.64. The molecule has 0 unspecified atom stereocenters. The van der Waals surface area contributed by atoms with Crippen LogP contribution in [0.2, 0.25) is 0 Å². The molecule has 3 heterocycles. The summed E-state index contributed by atoms with van der Waals surface area (Å²) in [5.74, 6) is 2.21. The van der Waals surface area contributed by atoms with Crippen LogP contribution in [0.3, 0.4) is 0 Å². The summed E-state index contributed by atoms with van der Waals surface area (Å²) in [6, 6.07) is 1.85. The summed E-state index contributed by atoms with van der Waals surface area (Å²) in [6.45, 7) is 5.11. The van der Waals surface area contributed by atoms with E-state index in [9.17, 15) is 4.79 Å². The molecule has 2 aliphatic rings. The maximum Gasteiger partial charge on any atom is 0.276 e. The van der Waals surface area contributed by atoms with Gasteiger partial charge in [0.15, 0.2) is 5.69 Å². The van der Waals surface area contributed by atoms with Gasteiger partial charge in [0.25, 0.3) is 5.91 Å². The molecule has 1 aliphatic carbocycles. The van der Waals surface area contributed by atoms with Crippen LogP contribution < -0.4 is 4.74 Å². The summed E-state index contributed by atoms with van der Waals surface area (Å²) in [6.07, 6.45) is 5.64. The molecule has 0 N–H and O–H groups in total. The van der Waals surface area contributed by atoms with Crippen LogP contribution in [0.1, 0.15) is 59.0 Å². The third kappa shape index (κ3) is 3.43. The topological polar surface area (TPSA) is 81.4 Å². The fraction of sp³-hybridized carbons (Fsp3) is 0.579. The van der Waals surface area contributed by atoms with Crippen molar-refractivity contribution in [3.8, 4) is 5.88 Å². The highest BCUT2D eigenvalue weighted by Gasteiger charge is 2.30. The van der Waals surface area contributed by atoms with Gasteiger partial charge in [-0.1, -0.05) is 5.16 Å². The van der Waals surface area contributed by atoms with Crippen LogP contribution >= 0.6 is 0 Å². The van der Waals surface area contributed by atoms with Gasteiger partial charge in [0, 0.05) is 49.7 Å². The monoisotopic (exact) mass is 356 g/mol. The maximum atomic E-state index is 12.8. The van der Waals surface area contributed by atoms with E-state index in [0.29, 0.717) is 30.5 Å². The van der Waals surface area contributed by atoms with E-state index in [1.165, 1.54) is 0 Å².